The zero-order valence-corrected chi connectivity index (χ0v) is 14.9. The SMILES string of the molecule is CCCCOc1ccc(C(=O)NCCCc2cnc3ncnn3c2)cc1. The third-order valence-electron chi connectivity index (χ3n) is 4.00. The first-order valence-electron chi connectivity index (χ1n) is 8.91. The average molecular weight is 353 g/mol. The van der Waals surface area contributed by atoms with Crippen molar-refractivity contribution in [3.8, 4) is 5.75 Å². The average Bonchev–Trinajstić information content (AvgIpc) is 3.13. The molecule has 0 aliphatic heterocycles. The molecule has 1 amide bonds. The lowest BCUT2D eigenvalue weighted by molar-refractivity contribution is 0.0953. The maximum absolute atomic E-state index is 12.2. The summed E-state index contributed by atoms with van der Waals surface area (Å²) in [5, 5.41) is 7.01. The molecule has 0 radical (unpaired) electrons. The minimum absolute atomic E-state index is 0.0741. The number of hydrogen-bond acceptors (Lipinski definition) is 5. The smallest absolute Gasteiger partial charge is 0.252 e. The van der Waals surface area contributed by atoms with E-state index >= 15 is 0 Å². The Morgan fingerprint density at radius 3 is 2.85 bits per heavy atom. The van der Waals surface area contributed by atoms with Crippen molar-refractivity contribution >= 4 is 11.7 Å². The highest BCUT2D eigenvalue weighted by atomic mass is 16.5. The highest BCUT2D eigenvalue weighted by Gasteiger charge is 2.05. The van der Waals surface area contributed by atoms with Gasteiger partial charge in [0.15, 0.2) is 0 Å². The summed E-state index contributed by atoms with van der Waals surface area (Å²) in [5.41, 5.74) is 1.70. The van der Waals surface area contributed by atoms with Crippen molar-refractivity contribution in [3.05, 3.63) is 54.1 Å². The van der Waals surface area contributed by atoms with Crippen LogP contribution in [0.2, 0.25) is 0 Å². The van der Waals surface area contributed by atoms with E-state index in [1.807, 2.05) is 18.3 Å². The van der Waals surface area contributed by atoms with Crippen LogP contribution in [-0.4, -0.2) is 38.6 Å². The zero-order chi connectivity index (χ0) is 18.2. The second kappa shape index (κ2) is 8.94. The molecule has 0 aliphatic carbocycles. The maximum atomic E-state index is 12.2. The van der Waals surface area contributed by atoms with Crippen LogP contribution in [0.3, 0.4) is 0 Å². The molecule has 0 saturated carbocycles. The molecule has 2 aromatic heterocycles. The molecular weight excluding hydrogens is 330 g/mol. The van der Waals surface area contributed by atoms with Crippen LogP contribution < -0.4 is 10.1 Å². The molecule has 26 heavy (non-hydrogen) atoms. The lowest BCUT2D eigenvalue weighted by atomic mass is 10.2. The van der Waals surface area contributed by atoms with Crippen molar-refractivity contribution in [3.63, 3.8) is 0 Å². The number of carbonyl (C=O) groups excluding carboxylic acids is 1. The molecule has 0 bridgehead atoms. The van der Waals surface area contributed by atoms with Gasteiger partial charge in [-0.15, -0.1) is 0 Å². The minimum Gasteiger partial charge on any atom is -0.494 e. The molecule has 7 heteroatoms. The number of fused-ring (bicyclic) bond motifs is 1. The molecule has 0 saturated heterocycles. The van der Waals surface area contributed by atoms with Gasteiger partial charge < -0.3 is 10.1 Å². The summed E-state index contributed by atoms with van der Waals surface area (Å²) >= 11 is 0. The molecule has 2 heterocycles. The Labute approximate surface area is 152 Å². The molecule has 0 spiro atoms. The Hall–Kier alpha value is -2.96. The Balaban J connectivity index is 1.42. The van der Waals surface area contributed by atoms with Crippen LogP contribution in [0, 0.1) is 0 Å². The van der Waals surface area contributed by atoms with Crippen molar-refractivity contribution in [2.45, 2.75) is 32.6 Å². The van der Waals surface area contributed by atoms with E-state index in [0.29, 0.717) is 24.5 Å². The van der Waals surface area contributed by atoms with Crippen LogP contribution in [-0.2, 0) is 6.42 Å². The van der Waals surface area contributed by atoms with E-state index in [4.69, 9.17) is 4.74 Å². The Bertz CT molecular complexity index is 845. The molecule has 3 aromatic rings. The fourth-order valence-corrected chi connectivity index (χ4v) is 2.52. The van der Waals surface area contributed by atoms with Gasteiger partial charge in [0.1, 0.15) is 12.1 Å². The van der Waals surface area contributed by atoms with E-state index in [9.17, 15) is 4.79 Å². The monoisotopic (exact) mass is 353 g/mol. The number of benzene rings is 1. The van der Waals surface area contributed by atoms with Crippen LogP contribution in [0.4, 0.5) is 0 Å². The number of aryl methyl sites for hydroxylation is 1. The number of amides is 1. The van der Waals surface area contributed by atoms with Crippen LogP contribution >= 0.6 is 0 Å². The third-order valence-corrected chi connectivity index (χ3v) is 4.00. The first-order chi connectivity index (χ1) is 12.8. The summed E-state index contributed by atoms with van der Waals surface area (Å²) in [7, 11) is 0. The van der Waals surface area contributed by atoms with Gasteiger partial charge in [-0.05, 0) is 49.1 Å². The van der Waals surface area contributed by atoms with Crippen molar-refractivity contribution in [1.29, 1.82) is 0 Å². The molecule has 136 valence electrons. The number of aromatic nitrogens is 4. The standard InChI is InChI=1S/C19H23N5O2/c1-2-3-11-26-17-8-6-16(7-9-17)18(25)20-10-4-5-15-12-21-19-22-14-23-24(19)13-15/h6-9,12-14H,2-5,10-11H2,1H3,(H,20,25). The largest absolute Gasteiger partial charge is 0.494 e. The van der Waals surface area contributed by atoms with E-state index in [-0.39, 0.29) is 5.91 Å². The number of nitrogens with one attached hydrogen (secondary N) is 1. The molecule has 1 N–H and O–H groups in total. The van der Waals surface area contributed by atoms with Crippen molar-refractivity contribution in [2.75, 3.05) is 13.2 Å². The van der Waals surface area contributed by atoms with Gasteiger partial charge in [-0.3, -0.25) is 4.79 Å². The quantitative estimate of drug-likeness (QED) is 0.598. The first kappa shape index (κ1) is 17.8. The van der Waals surface area contributed by atoms with Gasteiger partial charge in [0.2, 0.25) is 0 Å². The molecule has 0 fully saturated rings. The maximum Gasteiger partial charge on any atom is 0.252 e. The molecule has 0 aliphatic rings. The number of hydrogen-bond donors (Lipinski definition) is 1. The number of unbranched alkanes of at least 4 members (excludes halogenated alkanes) is 1. The van der Waals surface area contributed by atoms with Gasteiger partial charge >= 0.3 is 0 Å². The van der Waals surface area contributed by atoms with E-state index in [1.165, 1.54) is 6.33 Å². The summed E-state index contributed by atoms with van der Waals surface area (Å²) in [6.07, 6.45) is 8.95. The number of ether oxygens (including phenoxy) is 1. The Morgan fingerprint density at radius 2 is 2.04 bits per heavy atom. The van der Waals surface area contributed by atoms with Gasteiger partial charge in [0.05, 0.1) is 6.61 Å². The van der Waals surface area contributed by atoms with Crippen LogP contribution in [0.15, 0.2) is 43.0 Å². The van der Waals surface area contributed by atoms with Crippen molar-refractivity contribution in [1.82, 2.24) is 24.9 Å². The van der Waals surface area contributed by atoms with Gasteiger partial charge in [-0.25, -0.2) is 9.50 Å². The summed E-state index contributed by atoms with van der Waals surface area (Å²) in [6.45, 7) is 3.43. The number of rotatable bonds is 9. The summed E-state index contributed by atoms with van der Waals surface area (Å²) in [4.78, 5) is 20.4. The van der Waals surface area contributed by atoms with Crippen molar-refractivity contribution < 1.29 is 9.53 Å². The second-order valence-corrected chi connectivity index (χ2v) is 6.05. The molecular formula is C19H23N5O2. The summed E-state index contributed by atoms with van der Waals surface area (Å²) < 4.78 is 7.26. The lowest BCUT2D eigenvalue weighted by Crippen LogP contribution is -2.24. The zero-order valence-electron chi connectivity index (χ0n) is 14.9. The first-order valence-corrected chi connectivity index (χ1v) is 8.91. The van der Waals surface area contributed by atoms with Gasteiger partial charge in [0, 0.05) is 24.5 Å². The minimum atomic E-state index is -0.0741. The van der Waals surface area contributed by atoms with E-state index in [1.54, 1.807) is 22.8 Å². The number of carbonyl (C=O) groups is 1. The van der Waals surface area contributed by atoms with Gasteiger partial charge in [0.25, 0.3) is 11.7 Å². The summed E-state index contributed by atoms with van der Waals surface area (Å²) in [6, 6.07) is 7.26. The summed E-state index contributed by atoms with van der Waals surface area (Å²) in [5.74, 6) is 1.31. The van der Waals surface area contributed by atoms with E-state index in [2.05, 4.69) is 27.3 Å². The Morgan fingerprint density at radius 1 is 1.19 bits per heavy atom. The van der Waals surface area contributed by atoms with Crippen LogP contribution in [0.1, 0.15) is 42.1 Å². The van der Waals surface area contributed by atoms with Crippen LogP contribution in [0.5, 0.6) is 5.75 Å². The third kappa shape index (κ3) is 4.78. The van der Waals surface area contributed by atoms with Crippen LogP contribution in [0.25, 0.3) is 5.78 Å². The normalized spacial score (nSPS) is 10.8. The molecule has 3 rings (SSSR count). The van der Waals surface area contributed by atoms with Gasteiger partial charge in [-0.2, -0.15) is 10.1 Å². The molecule has 0 atom stereocenters. The molecule has 0 unspecified atom stereocenters. The number of nitrogens with zero attached hydrogens (tertiary/aromatic N) is 4. The predicted molar refractivity (Wildman–Crippen MR) is 98.3 cm³/mol. The highest BCUT2D eigenvalue weighted by molar-refractivity contribution is 5.94. The highest BCUT2D eigenvalue weighted by Crippen LogP contribution is 2.12. The van der Waals surface area contributed by atoms with Crippen molar-refractivity contribution in [2.24, 2.45) is 0 Å². The topological polar surface area (TPSA) is 81.4 Å². The molecule has 7 nitrogen and oxygen atoms in total. The Kier molecular flexibility index (Phi) is 6.14. The fourth-order valence-electron chi connectivity index (χ4n) is 2.52. The second-order valence-electron chi connectivity index (χ2n) is 6.05. The molecule has 1 aromatic carbocycles. The fraction of sp³-hybridized carbons (Fsp3) is 0.368. The van der Waals surface area contributed by atoms with Gasteiger partial charge in [-0.1, -0.05) is 13.3 Å². The predicted octanol–water partition coefficient (Wildman–Crippen LogP) is 2.67. The lowest BCUT2D eigenvalue weighted by Gasteiger charge is -2.08. The van der Waals surface area contributed by atoms with E-state index < -0.39 is 0 Å². The van der Waals surface area contributed by atoms with E-state index in [0.717, 1.165) is 37.0 Å².